The quantitative estimate of drug-likeness (QED) is 0.741. The van der Waals surface area contributed by atoms with E-state index in [1.807, 2.05) is 6.92 Å². The van der Waals surface area contributed by atoms with E-state index in [1.54, 1.807) is 0 Å². The first-order valence-electron chi connectivity index (χ1n) is 5.31. The SMILES string of the molecule is CCc1nc(C(=O)Nc2ccc(O)c(Cl)c2)n[nH]1. The zero-order chi connectivity index (χ0) is 13.1. The van der Waals surface area contributed by atoms with Gasteiger partial charge in [-0.3, -0.25) is 9.89 Å². The fourth-order valence-corrected chi connectivity index (χ4v) is 1.51. The Morgan fingerprint density at radius 3 is 2.94 bits per heavy atom. The normalized spacial score (nSPS) is 10.3. The number of carbonyl (C=O) groups excluding carboxylic acids is 1. The second-order valence-corrected chi connectivity index (χ2v) is 3.99. The van der Waals surface area contributed by atoms with Crippen molar-refractivity contribution in [3.05, 3.63) is 34.9 Å². The lowest BCUT2D eigenvalue weighted by atomic mass is 10.3. The Balaban J connectivity index is 2.13. The zero-order valence-corrected chi connectivity index (χ0v) is 10.3. The van der Waals surface area contributed by atoms with Crippen LogP contribution in [-0.4, -0.2) is 26.2 Å². The van der Waals surface area contributed by atoms with E-state index in [9.17, 15) is 9.90 Å². The molecule has 0 bridgehead atoms. The molecular weight excluding hydrogens is 256 g/mol. The maximum Gasteiger partial charge on any atom is 0.295 e. The van der Waals surface area contributed by atoms with Gasteiger partial charge in [0, 0.05) is 12.1 Å². The number of amides is 1. The molecule has 2 rings (SSSR count). The molecule has 1 amide bonds. The Morgan fingerprint density at radius 1 is 1.56 bits per heavy atom. The predicted molar refractivity (Wildman–Crippen MR) is 66.8 cm³/mol. The second-order valence-electron chi connectivity index (χ2n) is 3.58. The Bertz CT molecular complexity index is 582. The van der Waals surface area contributed by atoms with Gasteiger partial charge >= 0.3 is 0 Å². The first-order valence-corrected chi connectivity index (χ1v) is 5.69. The maximum atomic E-state index is 11.8. The Labute approximate surface area is 108 Å². The van der Waals surface area contributed by atoms with Crippen LogP contribution in [0.5, 0.6) is 5.75 Å². The lowest BCUT2D eigenvalue weighted by molar-refractivity contribution is 0.101. The van der Waals surface area contributed by atoms with Gasteiger partial charge in [-0.25, -0.2) is 4.98 Å². The number of aromatic nitrogens is 3. The van der Waals surface area contributed by atoms with Gasteiger partial charge in [-0.2, -0.15) is 0 Å². The summed E-state index contributed by atoms with van der Waals surface area (Å²) in [5, 5.41) is 18.5. The molecule has 0 aliphatic carbocycles. The van der Waals surface area contributed by atoms with E-state index in [-0.39, 0.29) is 16.6 Å². The summed E-state index contributed by atoms with van der Waals surface area (Å²) in [6.45, 7) is 1.90. The van der Waals surface area contributed by atoms with E-state index in [4.69, 9.17) is 11.6 Å². The highest BCUT2D eigenvalue weighted by atomic mass is 35.5. The molecule has 18 heavy (non-hydrogen) atoms. The second kappa shape index (κ2) is 5.05. The lowest BCUT2D eigenvalue weighted by Gasteiger charge is -2.03. The number of aryl methyl sites for hydroxylation is 1. The average molecular weight is 267 g/mol. The van der Waals surface area contributed by atoms with Crippen LogP contribution < -0.4 is 5.32 Å². The summed E-state index contributed by atoms with van der Waals surface area (Å²) in [6, 6.07) is 4.38. The summed E-state index contributed by atoms with van der Waals surface area (Å²) in [6.07, 6.45) is 0.672. The van der Waals surface area contributed by atoms with Gasteiger partial charge in [0.05, 0.1) is 5.02 Å². The van der Waals surface area contributed by atoms with Crippen molar-refractivity contribution in [2.75, 3.05) is 5.32 Å². The molecule has 94 valence electrons. The summed E-state index contributed by atoms with van der Waals surface area (Å²) < 4.78 is 0. The third-order valence-electron chi connectivity index (χ3n) is 2.28. The number of aromatic hydroxyl groups is 1. The number of anilines is 1. The number of halogens is 1. The molecular formula is C11H11ClN4O2. The topological polar surface area (TPSA) is 90.9 Å². The smallest absolute Gasteiger partial charge is 0.295 e. The predicted octanol–water partition coefficient (Wildman–Crippen LogP) is 1.98. The highest BCUT2D eigenvalue weighted by Crippen LogP contribution is 2.26. The molecule has 3 N–H and O–H groups in total. The third kappa shape index (κ3) is 2.60. The van der Waals surface area contributed by atoms with Crippen LogP contribution in [0, 0.1) is 0 Å². The van der Waals surface area contributed by atoms with Crippen LogP contribution in [0.25, 0.3) is 0 Å². The van der Waals surface area contributed by atoms with Crippen molar-refractivity contribution in [3.8, 4) is 5.75 Å². The van der Waals surface area contributed by atoms with Crippen molar-refractivity contribution < 1.29 is 9.90 Å². The van der Waals surface area contributed by atoms with E-state index in [0.29, 0.717) is 17.9 Å². The minimum absolute atomic E-state index is 0.0409. The van der Waals surface area contributed by atoms with Crippen molar-refractivity contribution in [3.63, 3.8) is 0 Å². The highest BCUT2D eigenvalue weighted by molar-refractivity contribution is 6.32. The number of H-pyrrole nitrogens is 1. The van der Waals surface area contributed by atoms with Crippen molar-refractivity contribution >= 4 is 23.2 Å². The van der Waals surface area contributed by atoms with Gasteiger partial charge in [0.15, 0.2) is 0 Å². The highest BCUT2D eigenvalue weighted by Gasteiger charge is 2.12. The summed E-state index contributed by atoms with van der Waals surface area (Å²) in [5.41, 5.74) is 0.464. The Hall–Kier alpha value is -2.08. The largest absolute Gasteiger partial charge is 0.506 e. The van der Waals surface area contributed by atoms with Gasteiger partial charge in [-0.1, -0.05) is 18.5 Å². The molecule has 0 saturated heterocycles. The van der Waals surface area contributed by atoms with Crippen LogP contribution >= 0.6 is 11.6 Å². The summed E-state index contributed by atoms with van der Waals surface area (Å²) in [4.78, 5) is 15.8. The first kappa shape index (κ1) is 12.4. The monoisotopic (exact) mass is 266 g/mol. The zero-order valence-electron chi connectivity index (χ0n) is 9.57. The minimum atomic E-state index is -0.437. The van der Waals surface area contributed by atoms with Crippen LogP contribution in [0.2, 0.25) is 5.02 Å². The molecule has 6 nitrogen and oxygen atoms in total. The fourth-order valence-electron chi connectivity index (χ4n) is 1.33. The van der Waals surface area contributed by atoms with Crippen LogP contribution in [0.4, 0.5) is 5.69 Å². The molecule has 0 unspecified atom stereocenters. The van der Waals surface area contributed by atoms with E-state index in [2.05, 4.69) is 20.5 Å². The van der Waals surface area contributed by atoms with E-state index in [0.717, 1.165) is 0 Å². The number of aromatic amines is 1. The van der Waals surface area contributed by atoms with Crippen molar-refractivity contribution in [1.82, 2.24) is 15.2 Å². The van der Waals surface area contributed by atoms with Crippen molar-refractivity contribution in [2.45, 2.75) is 13.3 Å². The lowest BCUT2D eigenvalue weighted by Crippen LogP contribution is -2.13. The number of carbonyl (C=O) groups is 1. The number of hydrogen-bond acceptors (Lipinski definition) is 4. The summed E-state index contributed by atoms with van der Waals surface area (Å²) >= 11 is 5.73. The third-order valence-corrected chi connectivity index (χ3v) is 2.58. The van der Waals surface area contributed by atoms with Crippen LogP contribution in [0.15, 0.2) is 18.2 Å². The number of phenolic OH excluding ortho intramolecular Hbond substituents is 1. The summed E-state index contributed by atoms with van der Waals surface area (Å²) in [7, 11) is 0. The van der Waals surface area contributed by atoms with E-state index < -0.39 is 5.91 Å². The Kier molecular flexibility index (Phi) is 3.47. The average Bonchev–Trinajstić information content (AvgIpc) is 2.82. The standard InChI is InChI=1S/C11H11ClN4O2/c1-2-9-14-10(16-15-9)11(18)13-6-3-4-8(17)7(12)5-6/h3-5,17H,2H2,1H3,(H,13,18)(H,14,15,16). The molecule has 0 saturated carbocycles. The number of benzene rings is 1. The molecule has 0 radical (unpaired) electrons. The molecule has 7 heteroatoms. The number of phenols is 1. The number of hydrogen-bond donors (Lipinski definition) is 3. The molecule has 0 aliphatic rings. The van der Waals surface area contributed by atoms with Crippen molar-refractivity contribution in [1.29, 1.82) is 0 Å². The van der Waals surface area contributed by atoms with Crippen LogP contribution in [0.3, 0.4) is 0 Å². The molecule has 1 aromatic heterocycles. The van der Waals surface area contributed by atoms with Crippen LogP contribution in [0.1, 0.15) is 23.4 Å². The van der Waals surface area contributed by atoms with Gasteiger partial charge in [0.25, 0.3) is 5.91 Å². The molecule has 0 spiro atoms. The number of nitrogens with one attached hydrogen (secondary N) is 2. The van der Waals surface area contributed by atoms with Gasteiger partial charge in [-0.05, 0) is 18.2 Å². The maximum absolute atomic E-state index is 11.8. The van der Waals surface area contributed by atoms with Gasteiger partial charge in [0.2, 0.25) is 5.82 Å². The first-order chi connectivity index (χ1) is 8.60. The minimum Gasteiger partial charge on any atom is -0.506 e. The molecule has 1 heterocycles. The number of nitrogens with zero attached hydrogens (tertiary/aromatic N) is 2. The van der Waals surface area contributed by atoms with Gasteiger partial charge in [0.1, 0.15) is 11.6 Å². The Morgan fingerprint density at radius 2 is 2.33 bits per heavy atom. The van der Waals surface area contributed by atoms with Gasteiger partial charge in [-0.15, -0.1) is 5.10 Å². The van der Waals surface area contributed by atoms with E-state index >= 15 is 0 Å². The molecule has 0 atom stereocenters. The fraction of sp³-hybridized carbons (Fsp3) is 0.182. The summed E-state index contributed by atoms with van der Waals surface area (Å²) in [5.74, 6) is 0.230. The molecule has 0 aliphatic heterocycles. The number of rotatable bonds is 3. The van der Waals surface area contributed by atoms with Crippen LogP contribution in [-0.2, 0) is 6.42 Å². The van der Waals surface area contributed by atoms with E-state index in [1.165, 1.54) is 18.2 Å². The van der Waals surface area contributed by atoms with Gasteiger partial charge < -0.3 is 10.4 Å². The molecule has 0 fully saturated rings. The molecule has 1 aromatic carbocycles. The molecule has 2 aromatic rings. The van der Waals surface area contributed by atoms with Crippen molar-refractivity contribution in [2.24, 2.45) is 0 Å².